The first-order chi connectivity index (χ1) is 11.2. The minimum absolute atomic E-state index is 0.704. The van der Waals surface area contributed by atoms with Crippen molar-refractivity contribution in [3.8, 4) is 0 Å². The lowest BCUT2D eigenvalue weighted by Crippen LogP contribution is -2.39. The Morgan fingerprint density at radius 3 is 2.83 bits per heavy atom. The van der Waals surface area contributed by atoms with Crippen molar-refractivity contribution >= 4 is 17.3 Å². The highest BCUT2D eigenvalue weighted by Gasteiger charge is 2.14. The standard InChI is InChI=1S/C17H31N5S/c1-4-18-17(20-12-16-15(3)21-13-23-16)19-8-5-9-22-10-6-14(2)7-11-22/h13-14H,4-12H2,1-3H3,(H2,18,19,20). The number of nitrogens with zero attached hydrogens (tertiary/aromatic N) is 3. The van der Waals surface area contributed by atoms with E-state index < -0.39 is 0 Å². The molecule has 1 aromatic heterocycles. The number of rotatable bonds is 7. The number of hydrogen-bond acceptors (Lipinski definition) is 4. The van der Waals surface area contributed by atoms with Gasteiger partial charge in [0.15, 0.2) is 5.96 Å². The monoisotopic (exact) mass is 337 g/mol. The average Bonchev–Trinajstić information content (AvgIpc) is 2.96. The SMILES string of the molecule is CCNC(=NCc1scnc1C)NCCCN1CCC(C)CC1. The second-order valence-corrected chi connectivity index (χ2v) is 7.30. The van der Waals surface area contributed by atoms with E-state index in [1.807, 2.05) is 12.4 Å². The normalized spacial score (nSPS) is 17.4. The zero-order chi connectivity index (χ0) is 16.5. The highest BCUT2D eigenvalue weighted by atomic mass is 32.1. The summed E-state index contributed by atoms with van der Waals surface area (Å²) in [7, 11) is 0. The first kappa shape index (κ1) is 18.2. The van der Waals surface area contributed by atoms with Crippen LogP contribution in [0.1, 0.15) is 43.7 Å². The third kappa shape index (κ3) is 6.47. The highest BCUT2D eigenvalue weighted by Crippen LogP contribution is 2.15. The van der Waals surface area contributed by atoms with Gasteiger partial charge in [-0.3, -0.25) is 0 Å². The van der Waals surface area contributed by atoms with Crippen LogP contribution in [-0.2, 0) is 6.54 Å². The van der Waals surface area contributed by atoms with E-state index in [0.717, 1.165) is 30.7 Å². The molecule has 130 valence electrons. The molecule has 2 heterocycles. The summed E-state index contributed by atoms with van der Waals surface area (Å²) in [5.74, 6) is 1.82. The summed E-state index contributed by atoms with van der Waals surface area (Å²) in [5.41, 5.74) is 2.98. The molecule has 0 radical (unpaired) electrons. The molecule has 6 heteroatoms. The summed E-state index contributed by atoms with van der Waals surface area (Å²) in [6.45, 7) is 12.8. The number of likely N-dealkylation sites (tertiary alicyclic amines) is 1. The fraction of sp³-hybridized carbons (Fsp3) is 0.765. The number of guanidine groups is 1. The number of aromatic nitrogens is 1. The summed E-state index contributed by atoms with van der Waals surface area (Å²) < 4.78 is 0. The molecule has 2 rings (SSSR count). The Balaban J connectivity index is 1.68. The van der Waals surface area contributed by atoms with Gasteiger partial charge in [0.2, 0.25) is 0 Å². The third-order valence-electron chi connectivity index (χ3n) is 4.39. The largest absolute Gasteiger partial charge is 0.357 e. The third-order valence-corrected chi connectivity index (χ3v) is 5.31. The molecule has 1 fully saturated rings. The van der Waals surface area contributed by atoms with Gasteiger partial charge in [-0.25, -0.2) is 9.98 Å². The van der Waals surface area contributed by atoms with Crippen LogP contribution in [0.25, 0.3) is 0 Å². The molecule has 0 aliphatic carbocycles. The maximum absolute atomic E-state index is 4.66. The predicted octanol–water partition coefficient (Wildman–Crippen LogP) is 2.63. The van der Waals surface area contributed by atoms with E-state index >= 15 is 0 Å². The van der Waals surface area contributed by atoms with Gasteiger partial charge in [0, 0.05) is 18.0 Å². The van der Waals surface area contributed by atoms with Crippen molar-refractivity contribution in [2.45, 2.75) is 46.6 Å². The minimum Gasteiger partial charge on any atom is -0.357 e. The summed E-state index contributed by atoms with van der Waals surface area (Å²) in [6.07, 6.45) is 3.87. The smallest absolute Gasteiger partial charge is 0.191 e. The predicted molar refractivity (Wildman–Crippen MR) is 99.1 cm³/mol. The van der Waals surface area contributed by atoms with E-state index in [-0.39, 0.29) is 0 Å². The zero-order valence-corrected chi connectivity index (χ0v) is 15.6. The van der Waals surface area contributed by atoms with Crippen LogP contribution < -0.4 is 10.6 Å². The molecule has 1 aliphatic rings. The van der Waals surface area contributed by atoms with Crippen LogP contribution in [0.5, 0.6) is 0 Å². The van der Waals surface area contributed by atoms with Crippen molar-refractivity contribution in [3.05, 3.63) is 16.1 Å². The van der Waals surface area contributed by atoms with Gasteiger partial charge in [-0.15, -0.1) is 11.3 Å². The summed E-state index contributed by atoms with van der Waals surface area (Å²) in [4.78, 5) is 12.8. The number of hydrogen-bond donors (Lipinski definition) is 2. The van der Waals surface area contributed by atoms with Crippen molar-refractivity contribution in [1.82, 2.24) is 20.5 Å². The minimum atomic E-state index is 0.704. The molecule has 0 saturated carbocycles. The summed E-state index contributed by atoms with van der Waals surface area (Å²) in [5, 5.41) is 6.77. The molecule has 1 aliphatic heterocycles. The molecule has 0 amide bonds. The molecular weight excluding hydrogens is 306 g/mol. The Labute approximate surface area is 144 Å². The van der Waals surface area contributed by atoms with E-state index in [1.54, 1.807) is 11.3 Å². The van der Waals surface area contributed by atoms with Gasteiger partial charge >= 0.3 is 0 Å². The van der Waals surface area contributed by atoms with Crippen LogP contribution in [0.15, 0.2) is 10.5 Å². The van der Waals surface area contributed by atoms with Crippen LogP contribution in [0, 0.1) is 12.8 Å². The molecule has 0 atom stereocenters. The Morgan fingerprint density at radius 2 is 2.17 bits per heavy atom. The zero-order valence-electron chi connectivity index (χ0n) is 14.8. The van der Waals surface area contributed by atoms with Crippen LogP contribution in [0.2, 0.25) is 0 Å². The van der Waals surface area contributed by atoms with Gasteiger partial charge in [0.05, 0.1) is 17.7 Å². The van der Waals surface area contributed by atoms with E-state index in [9.17, 15) is 0 Å². The number of aliphatic imine (C=N–C) groups is 1. The van der Waals surface area contributed by atoms with E-state index in [4.69, 9.17) is 0 Å². The molecular formula is C17H31N5S. The molecule has 23 heavy (non-hydrogen) atoms. The molecule has 1 aromatic rings. The summed E-state index contributed by atoms with van der Waals surface area (Å²) in [6, 6.07) is 0. The van der Waals surface area contributed by atoms with Crippen molar-refractivity contribution in [2.24, 2.45) is 10.9 Å². The van der Waals surface area contributed by atoms with Crippen LogP contribution in [-0.4, -0.2) is 48.6 Å². The highest BCUT2D eigenvalue weighted by molar-refractivity contribution is 7.09. The number of aryl methyl sites for hydroxylation is 1. The van der Waals surface area contributed by atoms with Crippen molar-refractivity contribution < 1.29 is 0 Å². The van der Waals surface area contributed by atoms with Crippen molar-refractivity contribution in [3.63, 3.8) is 0 Å². The fourth-order valence-electron chi connectivity index (χ4n) is 2.77. The van der Waals surface area contributed by atoms with E-state index in [0.29, 0.717) is 6.54 Å². The van der Waals surface area contributed by atoms with Gasteiger partial charge in [-0.05, 0) is 58.7 Å². The van der Waals surface area contributed by atoms with Gasteiger partial charge in [-0.1, -0.05) is 6.92 Å². The number of piperidine rings is 1. The Kier molecular flexibility index (Phi) is 7.82. The van der Waals surface area contributed by atoms with Crippen LogP contribution in [0.3, 0.4) is 0 Å². The maximum atomic E-state index is 4.66. The molecule has 1 saturated heterocycles. The van der Waals surface area contributed by atoms with E-state index in [1.165, 1.54) is 43.8 Å². The lowest BCUT2D eigenvalue weighted by Gasteiger charge is -2.30. The fourth-order valence-corrected chi connectivity index (χ4v) is 3.47. The topological polar surface area (TPSA) is 52.6 Å². The molecule has 0 unspecified atom stereocenters. The maximum Gasteiger partial charge on any atom is 0.191 e. The van der Waals surface area contributed by atoms with E-state index in [2.05, 4.69) is 39.4 Å². The Hall–Kier alpha value is -1.14. The molecule has 5 nitrogen and oxygen atoms in total. The lowest BCUT2D eigenvalue weighted by molar-refractivity contribution is 0.191. The number of nitrogens with one attached hydrogen (secondary N) is 2. The first-order valence-electron chi connectivity index (χ1n) is 8.82. The quantitative estimate of drug-likeness (QED) is 0.456. The average molecular weight is 338 g/mol. The molecule has 0 aromatic carbocycles. The lowest BCUT2D eigenvalue weighted by atomic mass is 9.99. The van der Waals surface area contributed by atoms with Gasteiger partial charge in [-0.2, -0.15) is 0 Å². The van der Waals surface area contributed by atoms with Crippen molar-refractivity contribution in [1.29, 1.82) is 0 Å². The molecule has 0 spiro atoms. The second kappa shape index (κ2) is 9.88. The van der Waals surface area contributed by atoms with Crippen LogP contribution >= 0.6 is 11.3 Å². The molecule has 0 bridgehead atoms. The number of thiazole rings is 1. The first-order valence-corrected chi connectivity index (χ1v) is 9.70. The van der Waals surface area contributed by atoms with Gasteiger partial charge in [0.25, 0.3) is 0 Å². The second-order valence-electron chi connectivity index (χ2n) is 6.36. The Bertz CT molecular complexity index is 477. The van der Waals surface area contributed by atoms with Gasteiger partial charge < -0.3 is 15.5 Å². The van der Waals surface area contributed by atoms with Crippen LogP contribution in [0.4, 0.5) is 0 Å². The summed E-state index contributed by atoms with van der Waals surface area (Å²) >= 11 is 1.68. The Morgan fingerprint density at radius 1 is 1.39 bits per heavy atom. The van der Waals surface area contributed by atoms with Crippen molar-refractivity contribution in [2.75, 3.05) is 32.7 Å². The molecule has 2 N–H and O–H groups in total. The van der Waals surface area contributed by atoms with Gasteiger partial charge in [0.1, 0.15) is 0 Å².